The maximum Gasteiger partial charge on any atom is 0.189 e. The molecule has 4 atom stereocenters. The minimum Gasteiger partial charge on any atom is -0.506 e. The molecule has 1 aliphatic heterocycles. The molecule has 0 saturated carbocycles. The molecule has 8 nitrogen and oxygen atoms in total. The quantitative estimate of drug-likeness (QED) is 0.363. The molecule has 0 aromatic carbocycles. The average molecular weight is 281 g/mol. The van der Waals surface area contributed by atoms with Crippen molar-refractivity contribution in [3.63, 3.8) is 0 Å². The van der Waals surface area contributed by atoms with Crippen LogP contribution < -0.4 is 5.32 Å². The molecule has 3 heterocycles. The topological polar surface area (TPSA) is 142 Å². The minimum atomic E-state index is -1.15. The maximum atomic E-state index is 10.0. The number of aliphatic hydroxyl groups is 3. The zero-order chi connectivity index (χ0) is 14.4. The van der Waals surface area contributed by atoms with Crippen LogP contribution in [-0.2, 0) is 0 Å². The first kappa shape index (κ1) is 13.1. The summed E-state index contributed by atoms with van der Waals surface area (Å²) in [5.41, 5.74) is 0.713. The fourth-order valence-corrected chi connectivity index (χ4v) is 2.61. The molecular weight excluding hydrogens is 266 g/mol. The average Bonchev–Trinajstić information content (AvgIpc) is 2.94. The second-order valence-corrected chi connectivity index (χ2v) is 4.89. The van der Waals surface area contributed by atoms with Crippen molar-refractivity contribution in [3.05, 3.63) is 18.0 Å². The van der Waals surface area contributed by atoms with Crippen LogP contribution >= 0.6 is 0 Å². The van der Waals surface area contributed by atoms with Gasteiger partial charge in [0, 0.05) is 11.5 Å². The molecule has 0 unspecified atom stereocenters. The van der Waals surface area contributed by atoms with E-state index in [2.05, 4.69) is 15.3 Å². The van der Waals surface area contributed by atoms with Crippen LogP contribution in [0, 0.1) is 0 Å². The molecule has 0 radical (unpaired) electrons. The zero-order valence-electron chi connectivity index (χ0n) is 10.4. The third kappa shape index (κ3) is 1.81. The monoisotopic (exact) mass is 281 g/mol. The molecule has 7 N–H and O–H groups in total. The van der Waals surface area contributed by atoms with E-state index in [1.807, 2.05) is 0 Å². The van der Waals surface area contributed by atoms with E-state index in [0.717, 1.165) is 0 Å². The van der Waals surface area contributed by atoms with Gasteiger partial charge < -0.3 is 30.5 Å². The lowest BCUT2D eigenvalue weighted by Crippen LogP contribution is -2.35. The highest BCUT2D eigenvalue weighted by molar-refractivity contribution is 5.88. The summed E-state index contributed by atoms with van der Waals surface area (Å²) in [6.07, 6.45) is -1.07. The number of hydrogen-bond donors (Lipinski definition) is 7. The zero-order valence-corrected chi connectivity index (χ0v) is 10.4. The van der Waals surface area contributed by atoms with Crippen LogP contribution in [0.1, 0.15) is 11.7 Å². The van der Waals surface area contributed by atoms with E-state index in [0.29, 0.717) is 16.6 Å². The Bertz CT molecular complexity index is 643. The number of rotatable bonds is 2. The summed E-state index contributed by atoms with van der Waals surface area (Å²) in [5, 5.41) is 51.4. The second-order valence-electron chi connectivity index (χ2n) is 4.89. The number of aromatic hydroxyl groups is 2. The van der Waals surface area contributed by atoms with Crippen molar-refractivity contribution < 1.29 is 25.5 Å². The van der Waals surface area contributed by atoms with Crippen LogP contribution in [-0.4, -0.2) is 60.4 Å². The van der Waals surface area contributed by atoms with Crippen LogP contribution in [0.5, 0.6) is 11.6 Å². The van der Waals surface area contributed by atoms with Crippen molar-refractivity contribution in [2.75, 3.05) is 6.61 Å². The summed E-state index contributed by atoms with van der Waals surface area (Å²) in [6, 6.07) is -0.0376. The first-order valence-corrected chi connectivity index (χ1v) is 6.15. The van der Waals surface area contributed by atoms with Gasteiger partial charge in [-0.05, 0) is 0 Å². The molecule has 108 valence electrons. The van der Waals surface area contributed by atoms with Gasteiger partial charge in [0.05, 0.1) is 42.2 Å². The van der Waals surface area contributed by atoms with Gasteiger partial charge in [0.2, 0.25) is 0 Å². The molecule has 1 saturated heterocycles. The molecule has 1 fully saturated rings. The SMILES string of the molecule is OC[C@H]1N[C@@H](c2ncc(O)c3cc(O)[nH]c23)[C@H](O)[C@@H]1O. The molecule has 2 aromatic rings. The van der Waals surface area contributed by atoms with Gasteiger partial charge in [-0.2, -0.15) is 0 Å². The second kappa shape index (κ2) is 4.60. The fraction of sp³-hybridized carbons (Fsp3) is 0.417. The van der Waals surface area contributed by atoms with Crippen LogP contribution in [0.3, 0.4) is 0 Å². The Labute approximate surface area is 113 Å². The molecule has 8 heteroatoms. The molecule has 0 amide bonds. The number of aromatic amines is 1. The molecule has 3 rings (SSSR count). The number of aromatic nitrogens is 2. The summed E-state index contributed by atoms with van der Waals surface area (Å²) < 4.78 is 0. The van der Waals surface area contributed by atoms with Crippen LogP contribution in [0.2, 0.25) is 0 Å². The van der Waals surface area contributed by atoms with E-state index in [4.69, 9.17) is 5.11 Å². The van der Waals surface area contributed by atoms with Gasteiger partial charge in [-0.3, -0.25) is 10.3 Å². The van der Waals surface area contributed by atoms with E-state index < -0.39 is 24.3 Å². The lowest BCUT2D eigenvalue weighted by Gasteiger charge is -2.16. The van der Waals surface area contributed by atoms with Crippen molar-refractivity contribution >= 4 is 10.9 Å². The normalized spacial score (nSPS) is 30.1. The predicted octanol–water partition coefficient (Wildman–Crippen LogP) is -1.30. The highest BCUT2D eigenvalue weighted by Crippen LogP contribution is 2.35. The number of hydrogen-bond acceptors (Lipinski definition) is 7. The lowest BCUT2D eigenvalue weighted by molar-refractivity contribution is 0.0192. The van der Waals surface area contributed by atoms with Crippen molar-refractivity contribution in [1.82, 2.24) is 15.3 Å². The summed E-state index contributed by atoms with van der Waals surface area (Å²) >= 11 is 0. The number of nitrogens with zero attached hydrogens (tertiary/aromatic N) is 1. The van der Waals surface area contributed by atoms with Crippen molar-refractivity contribution in [2.45, 2.75) is 24.3 Å². The van der Waals surface area contributed by atoms with Crippen LogP contribution in [0.4, 0.5) is 0 Å². The van der Waals surface area contributed by atoms with E-state index in [9.17, 15) is 20.4 Å². The fourth-order valence-electron chi connectivity index (χ4n) is 2.61. The third-order valence-corrected chi connectivity index (χ3v) is 3.65. The van der Waals surface area contributed by atoms with Gasteiger partial charge in [0.1, 0.15) is 11.9 Å². The van der Waals surface area contributed by atoms with Gasteiger partial charge in [0.15, 0.2) is 5.88 Å². The van der Waals surface area contributed by atoms with E-state index >= 15 is 0 Å². The van der Waals surface area contributed by atoms with Gasteiger partial charge >= 0.3 is 0 Å². The smallest absolute Gasteiger partial charge is 0.189 e. The molecular formula is C12H15N3O5. The number of aliphatic hydroxyl groups excluding tert-OH is 3. The van der Waals surface area contributed by atoms with Gasteiger partial charge in [-0.1, -0.05) is 0 Å². The van der Waals surface area contributed by atoms with Crippen LogP contribution in [0.25, 0.3) is 10.9 Å². The van der Waals surface area contributed by atoms with Gasteiger partial charge in [-0.25, -0.2) is 0 Å². The Morgan fingerprint density at radius 2 is 1.95 bits per heavy atom. The summed E-state index contributed by atoms with van der Waals surface area (Å²) in [7, 11) is 0. The predicted molar refractivity (Wildman–Crippen MR) is 68.2 cm³/mol. The molecule has 0 spiro atoms. The first-order valence-electron chi connectivity index (χ1n) is 6.15. The van der Waals surface area contributed by atoms with Crippen molar-refractivity contribution in [1.29, 1.82) is 0 Å². The Kier molecular flexibility index (Phi) is 3.02. The summed E-state index contributed by atoms with van der Waals surface area (Å²) in [5.74, 6) is -0.247. The maximum absolute atomic E-state index is 10.0. The Hall–Kier alpha value is -1.87. The number of fused-ring (bicyclic) bond motifs is 1. The Morgan fingerprint density at radius 1 is 1.20 bits per heavy atom. The van der Waals surface area contributed by atoms with Gasteiger partial charge in [-0.15, -0.1) is 0 Å². The highest BCUT2D eigenvalue weighted by Gasteiger charge is 2.42. The minimum absolute atomic E-state index is 0.105. The molecule has 2 aromatic heterocycles. The van der Waals surface area contributed by atoms with E-state index in [-0.39, 0.29) is 18.2 Å². The molecule has 20 heavy (non-hydrogen) atoms. The lowest BCUT2D eigenvalue weighted by atomic mass is 10.0. The molecule has 0 aliphatic carbocycles. The van der Waals surface area contributed by atoms with E-state index in [1.165, 1.54) is 12.3 Å². The van der Waals surface area contributed by atoms with Crippen molar-refractivity contribution in [2.24, 2.45) is 0 Å². The largest absolute Gasteiger partial charge is 0.506 e. The molecule has 0 bridgehead atoms. The first-order chi connectivity index (χ1) is 9.52. The Balaban J connectivity index is 2.09. The summed E-state index contributed by atoms with van der Waals surface area (Å²) in [6.45, 7) is -0.327. The highest BCUT2D eigenvalue weighted by atomic mass is 16.3. The van der Waals surface area contributed by atoms with Gasteiger partial charge in [0.25, 0.3) is 0 Å². The number of pyridine rings is 1. The standard InChI is InChI=1S/C12H15N3O5/c16-3-5-11(19)12(20)10(14-5)9-8-4(1-7(18)15-8)6(17)2-13-9/h1-2,5,10-12,14-20H,3H2/t5-,10+,11-,12+/m1/s1. The number of nitrogens with one attached hydrogen (secondary N) is 2. The van der Waals surface area contributed by atoms with E-state index in [1.54, 1.807) is 0 Å². The van der Waals surface area contributed by atoms with Crippen molar-refractivity contribution in [3.8, 4) is 11.6 Å². The number of H-pyrrole nitrogens is 1. The Morgan fingerprint density at radius 3 is 2.60 bits per heavy atom. The molecule has 1 aliphatic rings. The van der Waals surface area contributed by atoms with Crippen LogP contribution in [0.15, 0.2) is 12.3 Å². The third-order valence-electron chi connectivity index (χ3n) is 3.65. The summed E-state index contributed by atoms with van der Waals surface area (Å²) in [4.78, 5) is 6.70.